The van der Waals surface area contributed by atoms with E-state index in [4.69, 9.17) is 0 Å². The van der Waals surface area contributed by atoms with E-state index in [9.17, 15) is 8.42 Å². The summed E-state index contributed by atoms with van der Waals surface area (Å²) >= 11 is 0. The van der Waals surface area contributed by atoms with Gasteiger partial charge in [-0.05, 0) is 20.3 Å². The second-order valence-corrected chi connectivity index (χ2v) is 5.84. The van der Waals surface area contributed by atoms with E-state index >= 15 is 0 Å². The highest BCUT2D eigenvalue weighted by Crippen LogP contribution is 2.09. The molecule has 1 rings (SSSR count). The Balaban J connectivity index is 2.60. The highest BCUT2D eigenvalue weighted by Gasteiger charge is 2.16. The van der Waals surface area contributed by atoms with Crippen molar-refractivity contribution in [2.24, 2.45) is 0 Å². The van der Waals surface area contributed by atoms with Gasteiger partial charge in [0, 0.05) is 11.9 Å². The van der Waals surface area contributed by atoms with Gasteiger partial charge in [0.2, 0.25) is 10.0 Å². The molecule has 0 saturated heterocycles. The molecule has 1 atom stereocenters. The Bertz CT molecular complexity index is 425. The summed E-state index contributed by atoms with van der Waals surface area (Å²) in [6.45, 7) is 5.63. The zero-order valence-electron chi connectivity index (χ0n) is 9.95. The molecule has 92 valence electrons. The summed E-state index contributed by atoms with van der Waals surface area (Å²) in [6, 6.07) is -0.310. The molecule has 0 saturated carbocycles. The van der Waals surface area contributed by atoms with Crippen LogP contribution in [0.4, 0.5) is 0 Å². The number of hydrogen-bond donors (Lipinski definition) is 2. The quantitative estimate of drug-likeness (QED) is 0.797. The number of nitrogens with one attached hydrogen (secondary N) is 2. The first kappa shape index (κ1) is 13.2. The molecule has 0 radical (unpaired) electrons. The lowest BCUT2D eigenvalue weighted by molar-refractivity contribution is 0.558. The topological polar surface area (TPSA) is 74.8 Å². The Morgan fingerprint density at radius 2 is 2.25 bits per heavy atom. The van der Waals surface area contributed by atoms with Crippen molar-refractivity contribution in [3.05, 3.63) is 17.7 Å². The van der Waals surface area contributed by atoms with Crippen LogP contribution >= 0.6 is 0 Å². The summed E-state index contributed by atoms with van der Waals surface area (Å²) in [4.78, 5) is 7.11. The fourth-order valence-corrected chi connectivity index (χ4v) is 2.81. The van der Waals surface area contributed by atoms with Gasteiger partial charge in [-0.2, -0.15) is 0 Å². The third-order valence-electron chi connectivity index (χ3n) is 2.26. The van der Waals surface area contributed by atoms with Crippen molar-refractivity contribution < 1.29 is 8.42 Å². The van der Waals surface area contributed by atoms with Gasteiger partial charge in [0.1, 0.15) is 5.82 Å². The number of aryl methyl sites for hydroxylation is 1. The molecule has 6 heteroatoms. The molecule has 0 aliphatic heterocycles. The summed E-state index contributed by atoms with van der Waals surface area (Å²) in [7, 11) is -3.19. The highest BCUT2D eigenvalue weighted by atomic mass is 32.2. The Kier molecular flexibility index (Phi) is 4.49. The normalized spacial score (nSPS) is 13.9. The fourth-order valence-electron chi connectivity index (χ4n) is 1.37. The number of imidazole rings is 1. The SMILES string of the molecule is CCCCS(=O)(=O)N[C@H](C)c1ncc(C)[nH]1. The predicted octanol–water partition coefficient (Wildman–Crippen LogP) is 1.50. The van der Waals surface area contributed by atoms with Crippen LogP contribution in [0.3, 0.4) is 0 Å². The van der Waals surface area contributed by atoms with Crippen LogP contribution in [0.2, 0.25) is 0 Å². The minimum Gasteiger partial charge on any atom is -0.345 e. The van der Waals surface area contributed by atoms with Gasteiger partial charge in [-0.15, -0.1) is 0 Å². The van der Waals surface area contributed by atoms with E-state index in [1.807, 2.05) is 13.8 Å². The standard InChI is InChI=1S/C10H19N3O2S/c1-4-5-6-16(14,15)13-9(3)10-11-7-8(2)12-10/h7,9,13H,4-6H2,1-3H3,(H,11,12)/t9-/m1/s1. The number of H-pyrrole nitrogens is 1. The van der Waals surface area contributed by atoms with Crippen LogP contribution < -0.4 is 4.72 Å². The van der Waals surface area contributed by atoms with E-state index in [1.54, 1.807) is 13.1 Å². The Hall–Kier alpha value is -0.880. The van der Waals surface area contributed by atoms with E-state index in [2.05, 4.69) is 14.7 Å². The summed E-state index contributed by atoms with van der Waals surface area (Å²) in [5.41, 5.74) is 0.926. The second kappa shape index (κ2) is 5.45. The maximum atomic E-state index is 11.6. The molecule has 5 nitrogen and oxygen atoms in total. The number of sulfonamides is 1. The van der Waals surface area contributed by atoms with Crippen LogP contribution in [0.5, 0.6) is 0 Å². The van der Waals surface area contributed by atoms with E-state index < -0.39 is 10.0 Å². The van der Waals surface area contributed by atoms with Gasteiger partial charge >= 0.3 is 0 Å². The van der Waals surface area contributed by atoms with Gasteiger partial charge in [-0.3, -0.25) is 0 Å². The fraction of sp³-hybridized carbons (Fsp3) is 0.700. The van der Waals surface area contributed by atoms with Crippen molar-refractivity contribution in [1.29, 1.82) is 0 Å². The van der Waals surface area contributed by atoms with Crippen LogP contribution in [0, 0.1) is 6.92 Å². The monoisotopic (exact) mass is 245 g/mol. The van der Waals surface area contributed by atoms with Gasteiger partial charge in [-0.25, -0.2) is 18.1 Å². The molecule has 1 aromatic heterocycles. The van der Waals surface area contributed by atoms with Gasteiger partial charge in [0.25, 0.3) is 0 Å². The number of aromatic amines is 1. The number of unbranched alkanes of at least 4 members (excludes halogenated alkanes) is 1. The van der Waals surface area contributed by atoms with Crippen molar-refractivity contribution >= 4 is 10.0 Å². The first-order chi connectivity index (χ1) is 7.44. The lowest BCUT2D eigenvalue weighted by Crippen LogP contribution is -2.29. The smallest absolute Gasteiger partial charge is 0.212 e. The Labute approximate surface area is 96.7 Å². The maximum Gasteiger partial charge on any atom is 0.212 e. The Morgan fingerprint density at radius 3 is 2.75 bits per heavy atom. The van der Waals surface area contributed by atoms with E-state index in [1.165, 1.54) is 0 Å². The van der Waals surface area contributed by atoms with Crippen molar-refractivity contribution in [3.63, 3.8) is 0 Å². The van der Waals surface area contributed by atoms with Crippen molar-refractivity contribution in [1.82, 2.24) is 14.7 Å². The molecular formula is C10H19N3O2S. The van der Waals surface area contributed by atoms with Crippen LogP contribution in [-0.4, -0.2) is 24.1 Å². The number of hydrogen-bond acceptors (Lipinski definition) is 3. The average Bonchev–Trinajstić information content (AvgIpc) is 2.61. The molecule has 0 amide bonds. The minimum atomic E-state index is -3.19. The lowest BCUT2D eigenvalue weighted by atomic mass is 10.3. The summed E-state index contributed by atoms with van der Waals surface area (Å²) in [5, 5.41) is 0. The van der Waals surface area contributed by atoms with Crippen LogP contribution in [0.1, 0.15) is 44.2 Å². The van der Waals surface area contributed by atoms with Gasteiger partial charge < -0.3 is 4.98 Å². The van der Waals surface area contributed by atoms with Gasteiger partial charge in [0.15, 0.2) is 0 Å². The van der Waals surface area contributed by atoms with Crippen molar-refractivity contribution in [3.8, 4) is 0 Å². The van der Waals surface area contributed by atoms with Crippen LogP contribution in [0.15, 0.2) is 6.20 Å². The zero-order valence-corrected chi connectivity index (χ0v) is 10.8. The van der Waals surface area contributed by atoms with E-state index in [0.29, 0.717) is 12.2 Å². The predicted molar refractivity (Wildman–Crippen MR) is 63.6 cm³/mol. The maximum absolute atomic E-state index is 11.6. The number of rotatable bonds is 6. The van der Waals surface area contributed by atoms with Crippen molar-refractivity contribution in [2.75, 3.05) is 5.75 Å². The second-order valence-electron chi connectivity index (χ2n) is 3.96. The highest BCUT2D eigenvalue weighted by molar-refractivity contribution is 7.89. The van der Waals surface area contributed by atoms with Crippen LogP contribution in [0.25, 0.3) is 0 Å². The average molecular weight is 245 g/mol. The lowest BCUT2D eigenvalue weighted by Gasteiger charge is -2.11. The minimum absolute atomic E-state index is 0.174. The molecular weight excluding hydrogens is 226 g/mol. The number of aromatic nitrogens is 2. The molecule has 0 aliphatic carbocycles. The Morgan fingerprint density at radius 1 is 1.56 bits per heavy atom. The molecule has 2 N–H and O–H groups in total. The van der Waals surface area contributed by atoms with E-state index in [-0.39, 0.29) is 11.8 Å². The molecule has 0 aliphatic rings. The number of nitrogens with zero attached hydrogens (tertiary/aromatic N) is 1. The summed E-state index contributed by atoms with van der Waals surface area (Å²) in [5.74, 6) is 0.825. The zero-order chi connectivity index (χ0) is 12.2. The first-order valence-corrected chi connectivity index (χ1v) is 7.11. The molecule has 0 aromatic carbocycles. The first-order valence-electron chi connectivity index (χ1n) is 5.46. The molecule has 16 heavy (non-hydrogen) atoms. The molecule has 1 heterocycles. The summed E-state index contributed by atoms with van der Waals surface area (Å²) in [6.07, 6.45) is 3.24. The molecule has 1 aromatic rings. The van der Waals surface area contributed by atoms with Crippen LogP contribution in [-0.2, 0) is 10.0 Å². The third kappa shape index (κ3) is 3.94. The molecule has 0 unspecified atom stereocenters. The van der Waals surface area contributed by atoms with Gasteiger partial charge in [0.05, 0.1) is 11.8 Å². The van der Waals surface area contributed by atoms with E-state index in [0.717, 1.165) is 12.1 Å². The van der Waals surface area contributed by atoms with Crippen molar-refractivity contribution in [2.45, 2.75) is 39.7 Å². The third-order valence-corrected chi connectivity index (χ3v) is 3.79. The molecule has 0 spiro atoms. The molecule has 0 fully saturated rings. The van der Waals surface area contributed by atoms with Gasteiger partial charge in [-0.1, -0.05) is 13.3 Å². The molecule has 0 bridgehead atoms. The summed E-state index contributed by atoms with van der Waals surface area (Å²) < 4.78 is 25.9. The largest absolute Gasteiger partial charge is 0.345 e.